The third-order valence-electron chi connectivity index (χ3n) is 8.64. The third-order valence-corrected chi connectivity index (χ3v) is 10.5. The fourth-order valence-corrected chi connectivity index (χ4v) is 7.62. The van der Waals surface area contributed by atoms with E-state index >= 15 is 0 Å². The molecule has 0 saturated heterocycles. The van der Waals surface area contributed by atoms with Crippen LogP contribution < -0.4 is 9.47 Å². The van der Waals surface area contributed by atoms with Crippen molar-refractivity contribution in [3.05, 3.63) is 147 Å². The fraction of sp³-hybridized carbons (Fsp3) is 0.156. The van der Waals surface area contributed by atoms with Crippen LogP contribution in [0.4, 0.5) is 0 Å². The summed E-state index contributed by atoms with van der Waals surface area (Å²) < 4.78 is 16.0. The van der Waals surface area contributed by atoms with Gasteiger partial charge in [-0.3, -0.25) is 9.59 Å². The van der Waals surface area contributed by atoms with Gasteiger partial charge in [0.05, 0.1) is 30.1 Å². The Balaban J connectivity index is 0.000000169. The van der Waals surface area contributed by atoms with Crippen molar-refractivity contribution in [2.75, 3.05) is 18.1 Å². The van der Waals surface area contributed by atoms with Crippen LogP contribution in [0, 0.1) is 0 Å². The van der Waals surface area contributed by atoms with Gasteiger partial charge in [-0.25, -0.2) is 0 Å². The molecule has 0 bridgehead atoms. The molecule has 0 aliphatic heterocycles. The molecule has 6 nitrogen and oxygen atoms in total. The number of alkyl halides is 1. The van der Waals surface area contributed by atoms with E-state index in [4.69, 9.17) is 9.47 Å². The number of nitrogens with zero attached hydrogens (tertiary/aromatic N) is 1. The first-order valence-electron chi connectivity index (χ1n) is 17.6. The van der Waals surface area contributed by atoms with Crippen molar-refractivity contribution in [2.45, 2.75) is 26.7 Å². The van der Waals surface area contributed by atoms with E-state index in [-0.39, 0.29) is 24.8 Å². The number of fused-ring (bicyclic) bond motifs is 6. The third kappa shape index (κ3) is 10.3. The Morgan fingerprint density at radius 3 is 1.38 bits per heavy atom. The summed E-state index contributed by atoms with van der Waals surface area (Å²) in [5.74, 6) is 1.52. The van der Waals surface area contributed by atoms with E-state index in [0.717, 1.165) is 30.1 Å². The van der Waals surface area contributed by atoms with Gasteiger partial charge in [0.15, 0.2) is 17.3 Å². The molecule has 55 heavy (non-hydrogen) atoms. The van der Waals surface area contributed by atoms with Crippen LogP contribution in [-0.2, 0) is 9.59 Å². The Morgan fingerprint density at radius 1 is 0.527 bits per heavy atom. The van der Waals surface area contributed by atoms with Crippen LogP contribution in [0.25, 0.3) is 49.3 Å². The van der Waals surface area contributed by atoms with E-state index < -0.39 is 0 Å². The first-order chi connectivity index (χ1) is 26.8. The second kappa shape index (κ2) is 20.8. The van der Waals surface area contributed by atoms with Crippen LogP contribution in [0.5, 0.6) is 11.5 Å². The van der Waals surface area contributed by atoms with Gasteiger partial charge in [-0.1, -0.05) is 121 Å². The second-order valence-electron chi connectivity index (χ2n) is 12.1. The summed E-state index contributed by atoms with van der Waals surface area (Å²) in [6, 6.07) is 45.0. The highest BCUT2D eigenvalue weighted by molar-refractivity contribution is 14.1. The molecule has 0 unspecified atom stereocenters. The van der Waals surface area contributed by atoms with Crippen LogP contribution in [0.2, 0.25) is 0 Å². The summed E-state index contributed by atoms with van der Waals surface area (Å²) in [5, 5.41) is 4.99. The number of H-pyrrole nitrogens is 1. The number of hydrogen-bond donors (Lipinski definition) is 1. The zero-order chi connectivity index (χ0) is 39.3. The smallest absolute Gasteiger partial charge is 0.169 e. The van der Waals surface area contributed by atoms with Gasteiger partial charge in [0.2, 0.25) is 0 Å². The normalized spacial score (nSPS) is 10.5. The molecule has 0 saturated carbocycles. The molecule has 1 N–H and O–H groups in total. The predicted octanol–water partition coefficient (Wildman–Crippen LogP) is 13.8. The molecule has 8 aromatic rings. The molecule has 0 fully saturated rings. The van der Waals surface area contributed by atoms with Gasteiger partial charge in [0, 0.05) is 45.4 Å². The van der Waals surface area contributed by atoms with Gasteiger partial charge >= 0.3 is 0 Å². The summed E-state index contributed by atoms with van der Waals surface area (Å²) in [5.41, 5.74) is 5.56. The lowest BCUT2D eigenvalue weighted by molar-refractivity contribution is -0.121. The van der Waals surface area contributed by atoms with Crippen LogP contribution in [0.1, 0.15) is 26.7 Å². The highest BCUT2D eigenvalue weighted by atomic mass is 127. The molecule has 0 atom stereocenters. The molecule has 0 aliphatic carbocycles. The lowest BCUT2D eigenvalue weighted by Gasteiger charge is -2.15. The standard InChI is InChI=1S/C22H18BrNO2.C12H9N.C10H10Br2O2.CH3I/c1-2-15(25)14-26-22-18(23)10-7-13-21(22)24-19-11-5-3-8-16(19)17-9-4-6-12-20(17)24;1-3-7-11-9(5-1)10-6-2-4-8-12(10)13-11;1-2-7(13)6-14-10-8(11)4-3-5-9(10)12;1-2/h3-13H,2,14H2,1H3;1-8,13H;3-5H,2,6H2,1H3;1H3. The molecular weight excluding hydrogens is 999 g/mol. The minimum absolute atomic E-state index is 0.0727. The Labute approximate surface area is 360 Å². The minimum atomic E-state index is 0.0727. The van der Waals surface area contributed by atoms with Crippen molar-refractivity contribution in [1.82, 2.24) is 9.55 Å². The largest absolute Gasteiger partial charge is 0.483 e. The first-order valence-corrected chi connectivity index (χ1v) is 22.2. The van der Waals surface area contributed by atoms with Crippen molar-refractivity contribution in [2.24, 2.45) is 0 Å². The number of ether oxygens (including phenoxy) is 2. The summed E-state index contributed by atoms with van der Waals surface area (Å²) in [4.78, 5) is 28.2. The average molecular weight is 1040 g/mol. The number of rotatable bonds is 9. The topological polar surface area (TPSA) is 73.3 Å². The predicted molar refractivity (Wildman–Crippen MR) is 248 cm³/mol. The first kappa shape index (κ1) is 42.2. The highest BCUT2D eigenvalue weighted by Crippen LogP contribution is 2.38. The quantitative estimate of drug-likeness (QED) is 0.115. The number of carbonyl (C=O) groups excluding carboxylic acids is 2. The Morgan fingerprint density at radius 2 is 0.909 bits per heavy atom. The fourth-order valence-electron chi connectivity index (χ4n) is 5.93. The molecule has 0 aliphatic rings. The van der Waals surface area contributed by atoms with E-state index in [2.05, 4.69) is 165 Å². The molecule has 2 aromatic heterocycles. The van der Waals surface area contributed by atoms with Crippen molar-refractivity contribution in [3.8, 4) is 17.2 Å². The molecule has 6 aromatic carbocycles. The van der Waals surface area contributed by atoms with Gasteiger partial charge in [0.25, 0.3) is 0 Å². The van der Waals surface area contributed by atoms with Gasteiger partial charge in [0.1, 0.15) is 19.0 Å². The number of benzene rings is 6. The Hall–Kier alpha value is -3.97. The molecule has 8 rings (SSSR count). The van der Waals surface area contributed by atoms with Crippen molar-refractivity contribution < 1.29 is 19.1 Å². The molecule has 10 heteroatoms. The van der Waals surface area contributed by atoms with Crippen molar-refractivity contribution >= 4 is 126 Å². The summed E-state index contributed by atoms with van der Waals surface area (Å²) in [6.07, 6.45) is 0.969. The number of hydrogen-bond acceptors (Lipinski definition) is 4. The maximum atomic E-state index is 11.8. The van der Waals surface area contributed by atoms with Crippen LogP contribution >= 0.6 is 70.4 Å². The van der Waals surface area contributed by atoms with E-state index in [9.17, 15) is 9.59 Å². The second-order valence-corrected chi connectivity index (χ2v) is 14.6. The van der Waals surface area contributed by atoms with E-state index in [1.54, 1.807) is 0 Å². The lowest BCUT2D eigenvalue weighted by Crippen LogP contribution is -2.11. The monoisotopic (exact) mass is 1040 g/mol. The van der Waals surface area contributed by atoms with Crippen molar-refractivity contribution in [1.29, 1.82) is 0 Å². The number of carbonyl (C=O) groups is 2. The maximum Gasteiger partial charge on any atom is 0.169 e. The number of nitrogens with one attached hydrogen (secondary N) is 1. The molecule has 282 valence electrons. The summed E-state index contributed by atoms with van der Waals surface area (Å²) >= 11 is 12.4. The molecule has 2 heterocycles. The number of aromatic amines is 1. The molecule has 0 spiro atoms. The Kier molecular flexibility index (Phi) is 16.0. The SMILES string of the molecule is CCC(=O)COc1c(Br)cccc1-n1c2ccccc2c2ccccc21.CCC(=O)COc1c(Br)cccc1Br.CI.c1ccc2c(c1)[nH]c1ccccc12. The van der Waals surface area contributed by atoms with Crippen LogP contribution in [0.15, 0.2) is 147 Å². The number of halogens is 4. The number of aromatic nitrogens is 2. The van der Waals surface area contributed by atoms with E-state index in [1.807, 2.05) is 67.3 Å². The zero-order valence-electron chi connectivity index (χ0n) is 30.6. The maximum absolute atomic E-state index is 11.8. The zero-order valence-corrected chi connectivity index (χ0v) is 37.5. The van der Waals surface area contributed by atoms with Gasteiger partial charge in [-0.15, -0.1) is 0 Å². The van der Waals surface area contributed by atoms with Crippen LogP contribution in [0.3, 0.4) is 0 Å². The molecular formula is C45H40Br3IN2O4. The average Bonchev–Trinajstić information content (AvgIpc) is 3.77. The summed E-state index contributed by atoms with van der Waals surface area (Å²) in [7, 11) is 0. The molecule has 0 radical (unpaired) electrons. The number of Topliss-reactive ketones (excluding diaryl/α,β-unsaturated/α-hetero) is 2. The number of ketones is 2. The minimum Gasteiger partial charge on any atom is -0.483 e. The van der Waals surface area contributed by atoms with Gasteiger partial charge < -0.3 is 19.0 Å². The van der Waals surface area contributed by atoms with E-state index in [1.165, 1.54) is 32.6 Å². The van der Waals surface area contributed by atoms with Crippen molar-refractivity contribution in [3.63, 3.8) is 0 Å². The lowest BCUT2D eigenvalue weighted by atomic mass is 10.2. The van der Waals surface area contributed by atoms with E-state index in [0.29, 0.717) is 24.3 Å². The van der Waals surface area contributed by atoms with Gasteiger partial charge in [-0.05, 0) is 101 Å². The summed E-state index contributed by atoms with van der Waals surface area (Å²) in [6.45, 7) is 3.86. The van der Waals surface area contributed by atoms with Crippen LogP contribution in [-0.4, -0.2) is 39.3 Å². The Bertz CT molecular complexity index is 2420. The highest BCUT2D eigenvalue weighted by Gasteiger charge is 2.17. The number of para-hydroxylation sites is 6. The van der Waals surface area contributed by atoms with Gasteiger partial charge in [-0.2, -0.15) is 0 Å². The molecule has 0 amide bonds.